The van der Waals surface area contributed by atoms with E-state index >= 15 is 0 Å². The summed E-state index contributed by atoms with van der Waals surface area (Å²) in [6.45, 7) is 12.1. The molecule has 0 amide bonds. The van der Waals surface area contributed by atoms with Gasteiger partial charge in [0.1, 0.15) is 0 Å². The Morgan fingerprint density at radius 3 is 1.92 bits per heavy atom. The van der Waals surface area contributed by atoms with E-state index in [1.165, 1.54) is 27.1 Å². The number of aryl methyl sites for hydroxylation is 1. The zero-order chi connectivity index (χ0) is 26.0. The van der Waals surface area contributed by atoms with Crippen molar-refractivity contribution < 1.29 is 4.43 Å². The van der Waals surface area contributed by atoms with E-state index in [1.807, 2.05) is 0 Å². The highest BCUT2D eigenvalue weighted by molar-refractivity contribution is 9.10. The predicted octanol–water partition coefficient (Wildman–Crippen LogP) is 8.63. The fourth-order valence-electron chi connectivity index (χ4n) is 4.87. The first kappa shape index (κ1) is 28.4. The quantitative estimate of drug-likeness (QED) is 0.168. The Morgan fingerprint density at radius 1 is 0.778 bits per heavy atom. The van der Waals surface area contributed by atoms with Crippen LogP contribution in [0.5, 0.6) is 0 Å². The van der Waals surface area contributed by atoms with Gasteiger partial charge in [0, 0.05) is 4.47 Å². The monoisotopic (exact) mass is 560 g/mol. The molecule has 3 rings (SSSR count). The maximum absolute atomic E-state index is 7.06. The minimum absolute atomic E-state index is 0.00362. The number of halogens is 1. The topological polar surface area (TPSA) is 9.23 Å². The second kappa shape index (κ2) is 13.4. The first-order chi connectivity index (χ1) is 17.2. The van der Waals surface area contributed by atoms with Crippen LogP contribution in [0.25, 0.3) is 0 Å². The van der Waals surface area contributed by atoms with Gasteiger partial charge in [-0.1, -0.05) is 133 Å². The summed E-state index contributed by atoms with van der Waals surface area (Å²) in [4.78, 5) is 0. The van der Waals surface area contributed by atoms with Gasteiger partial charge in [0.25, 0.3) is 8.32 Å². The number of hydrogen-bond acceptors (Lipinski definition) is 1. The highest BCUT2D eigenvalue weighted by atomic mass is 79.9. The summed E-state index contributed by atoms with van der Waals surface area (Å²) in [6, 6.07) is 30.4. The van der Waals surface area contributed by atoms with Crippen molar-refractivity contribution in [3.8, 4) is 0 Å². The van der Waals surface area contributed by atoms with Crippen LogP contribution in [0.2, 0.25) is 5.04 Å². The molecule has 36 heavy (non-hydrogen) atoms. The lowest BCUT2D eigenvalue weighted by atomic mass is 10.1. The third-order valence-corrected chi connectivity index (χ3v) is 12.3. The Labute approximate surface area is 228 Å². The standard InChI is InChI=1S/C33H41BrOSi/c1-27(16-13-18-29-19-14-20-30(34)25-29)15-12-17-28(2)26-35-36(33(3,4)5,31-21-8-6-9-22-31)32-23-10-7-11-24-32/h6-11,14,16-17,19-25H,12-13,15,18,26H2,1-5H3. The van der Waals surface area contributed by atoms with E-state index in [-0.39, 0.29) is 5.04 Å². The van der Waals surface area contributed by atoms with Crippen LogP contribution >= 0.6 is 15.9 Å². The lowest BCUT2D eigenvalue weighted by Gasteiger charge is -2.43. The molecule has 3 aromatic carbocycles. The SMILES string of the molecule is CC(=CCCc1cccc(Br)c1)CCC=C(C)CO[Si](c1ccccc1)(c1ccccc1)C(C)(C)C. The molecule has 0 saturated heterocycles. The second-order valence-corrected chi connectivity index (χ2v) is 16.0. The summed E-state index contributed by atoms with van der Waals surface area (Å²) in [5, 5.41) is 2.67. The molecular formula is C33H41BrOSi. The first-order valence-electron chi connectivity index (χ1n) is 13.0. The van der Waals surface area contributed by atoms with E-state index in [0.717, 1.165) is 30.2 Å². The van der Waals surface area contributed by atoms with Crippen molar-refractivity contribution in [2.45, 2.75) is 65.3 Å². The van der Waals surface area contributed by atoms with Crippen LogP contribution in [-0.4, -0.2) is 14.9 Å². The predicted molar refractivity (Wildman–Crippen MR) is 163 cm³/mol. The Morgan fingerprint density at radius 2 is 1.36 bits per heavy atom. The van der Waals surface area contributed by atoms with Crippen LogP contribution in [0.4, 0.5) is 0 Å². The van der Waals surface area contributed by atoms with Crippen LogP contribution in [0, 0.1) is 0 Å². The van der Waals surface area contributed by atoms with Gasteiger partial charge < -0.3 is 4.43 Å². The summed E-state index contributed by atoms with van der Waals surface area (Å²) in [7, 11) is -2.48. The molecular weight excluding hydrogens is 520 g/mol. The van der Waals surface area contributed by atoms with E-state index in [9.17, 15) is 0 Å². The third-order valence-electron chi connectivity index (χ3n) is 6.78. The van der Waals surface area contributed by atoms with Crippen molar-refractivity contribution in [1.29, 1.82) is 0 Å². The molecule has 0 aliphatic rings. The van der Waals surface area contributed by atoms with E-state index in [4.69, 9.17) is 4.43 Å². The number of benzene rings is 3. The molecule has 0 bridgehead atoms. The molecule has 0 heterocycles. The Kier molecular flexibility index (Phi) is 10.5. The lowest BCUT2D eigenvalue weighted by Crippen LogP contribution is -2.66. The lowest BCUT2D eigenvalue weighted by molar-refractivity contribution is 0.329. The van der Waals surface area contributed by atoms with E-state index in [2.05, 4.69) is 148 Å². The maximum atomic E-state index is 7.06. The molecule has 0 spiro atoms. The van der Waals surface area contributed by atoms with E-state index < -0.39 is 8.32 Å². The molecule has 0 N–H and O–H groups in total. The minimum Gasteiger partial charge on any atom is -0.403 e. The van der Waals surface area contributed by atoms with Crippen molar-refractivity contribution in [1.82, 2.24) is 0 Å². The van der Waals surface area contributed by atoms with Crippen molar-refractivity contribution >= 4 is 34.6 Å². The van der Waals surface area contributed by atoms with Gasteiger partial charge in [-0.05, 0) is 72.6 Å². The summed E-state index contributed by atoms with van der Waals surface area (Å²) in [6.07, 6.45) is 9.07. The van der Waals surface area contributed by atoms with Gasteiger partial charge in [-0.3, -0.25) is 0 Å². The molecule has 0 fully saturated rings. The van der Waals surface area contributed by atoms with Gasteiger partial charge in [0.15, 0.2) is 0 Å². The first-order valence-corrected chi connectivity index (χ1v) is 15.7. The maximum Gasteiger partial charge on any atom is 0.261 e. The Hall–Kier alpha value is -2.20. The minimum atomic E-state index is -2.48. The van der Waals surface area contributed by atoms with Crippen LogP contribution in [0.3, 0.4) is 0 Å². The van der Waals surface area contributed by atoms with E-state index in [0.29, 0.717) is 6.61 Å². The van der Waals surface area contributed by atoms with Gasteiger partial charge in [-0.2, -0.15) is 0 Å². The molecule has 3 aromatic rings. The molecule has 0 aliphatic heterocycles. The zero-order valence-electron chi connectivity index (χ0n) is 22.6. The molecule has 0 radical (unpaired) electrons. The van der Waals surface area contributed by atoms with Crippen molar-refractivity contribution in [2.75, 3.05) is 6.61 Å². The van der Waals surface area contributed by atoms with E-state index in [1.54, 1.807) is 0 Å². The molecule has 190 valence electrons. The van der Waals surface area contributed by atoms with Gasteiger partial charge in [-0.15, -0.1) is 0 Å². The molecule has 0 saturated carbocycles. The summed E-state index contributed by atoms with van der Waals surface area (Å²) in [5.41, 5.74) is 4.15. The fourth-order valence-corrected chi connectivity index (χ4v) is 9.91. The normalized spacial score (nSPS) is 13.2. The second-order valence-electron chi connectivity index (χ2n) is 10.8. The van der Waals surface area contributed by atoms with Crippen LogP contribution in [-0.2, 0) is 10.8 Å². The van der Waals surface area contributed by atoms with Crippen molar-refractivity contribution in [3.63, 3.8) is 0 Å². The van der Waals surface area contributed by atoms with Crippen LogP contribution in [0.15, 0.2) is 113 Å². The number of allylic oxidation sites excluding steroid dienone is 3. The average Bonchev–Trinajstić information content (AvgIpc) is 2.85. The molecule has 0 aliphatic carbocycles. The van der Waals surface area contributed by atoms with Crippen LogP contribution < -0.4 is 10.4 Å². The summed E-state index contributed by atoms with van der Waals surface area (Å²) < 4.78 is 8.22. The summed E-state index contributed by atoms with van der Waals surface area (Å²) >= 11 is 3.56. The summed E-state index contributed by atoms with van der Waals surface area (Å²) in [5.74, 6) is 0. The Bertz CT molecular complexity index is 1100. The number of hydrogen-bond donors (Lipinski definition) is 0. The van der Waals surface area contributed by atoms with Gasteiger partial charge in [0.2, 0.25) is 0 Å². The molecule has 3 heteroatoms. The third kappa shape index (κ3) is 7.65. The van der Waals surface area contributed by atoms with Gasteiger partial charge >= 0.3 is 0 Å². The Balaban J connectivity index is 1.65. The van der Waals surface area contributed by atoms with Crippen molar-refractivity contribution in [3.05, 3.63) is 118 Å². The highest BCUT2D eigenvalue weighted by Gasteiger charge is 2.50. The molecule has 0 aromatic heterocycles. The highest BCUT2D eigenvalue weighted by Crippen LogP contribution is 2.37. The van der Waals surface area contributed by atoms with Crippen molar-refractivity contribution in [2.24, 2.45) is 0 Å². The molecule has 0 atom stereocenters. The number of rotatable bonds is 11. The van der Waals surface area contributed by atoms with Crippen LogP contribution in [0.1, 0.15) is 59.4 Å². The average molecular weight is 562 g/mol. The smallest absolute Gasteiger partial charge is 0.261 e. The zero-order valence-corrected chi connectivity index (χ0v) is 25.1. The largest absolute Gasteiger partial charge is 0.403 e. The van der Waals surface area contributed by atoms with Gasteiger partial charge in [0.05, 0.1) is 6.61 Å². The molecule has 0 unspecified atom stereocenters. The molecule has 1 nitrogen and oxygen atoms in total. The fraction of sp³-hybridized carbons (Fsp3) is 0.333. The van der Waals surface area contributed by atoms with Gasteiger partial charge in [-0.25, -0.2) is 0 Å².